The summed E-state index contributed by atoms with van der Waals surface area (Å²) in [7, 11) is 0. The van der Waals surface area contributed by atoms with Crippen LogP contribution in [0, 0.1) is 0 Å². The molecule has 4 aromatic rings. The third-order valence-electron chi connectivity index (χ3n) is 4.02. The van der Waals surface area contributed by atoms with E-state index in [1.807, 2.05) is 77.7 Å². The lowest BCUT2D eigenvalue weighted by Gasteiger charge is -2.11. The van der Waals surface area contributed by atoms with Crippen molar-refractivity contribution in [2.24, 2.45) is 0 Å². The van der Waals surface area contributed by atoms with Crippen molar-refractivity contribution in [3.8, 4) is 5.69 Å². The van der Waals surface area contributed by atoms with Crippen LogP contribution in [-0.4, -0.2) is 25.5 Å². The predicted molar refractivity (Wildman–Crippen MR) is 99.3 cm³/mol. The maximum absolute atomic E-state index is 12.6. The van der Waals surface area contributed by atoms with Gasteiger partial charge in [0.1, 0.15) is 0 Å². The molecule has 6 heteroatoms. The van der Waals surface area contributed by atoms with E-state index < -0.39 is 0 Å². The van der Waals surface area contributed by atoms with Crippen LogP contribution in [0.5, 0.6) is 0 Å². The lowest BCUT2D eigenvalue weighted by molar-refractivity contribution is 0.102. The molecule has 0 aliphatic rings. The maximum Gasteiger partial charge on any atom is 0.255 e. The van der Waals surface area contributed by atoms with Gasteiger partial charge in [0.15, 0.2) is 0 Å². The lowest BCUT2D eigenvalue weighted by atomic mass is 10.1. The molecule has 0 saturated carbocycles. The van der Waals surface area contributed by atoms with Gasteiger partial charge in [-0.1, -0.05) is 24.3 Å². The zero-order chi connectivity index (χ0) is 17.8. The number of anilines is 1. The number of nitrogens with one attached hydrogen (secondary N) is 1. The van der Waals surface area contributed by atoms with E-state index in [-0.39, 0.29) is 5.91 Å². The highest BCUT2D eigenvalue weighted by Crippen LogP contribution is 2.20. The number of carbonyl (C=O) groups is 1. The van der Waals surface area contributed by atoms with Crippen LogP contribution in [-0.2, 0) is 6.54 Å². The van der Waals surface area contributed by atoms with Crippen molar-refractivity contribution < 1.29 is 4.79 Å². The van der Waals surface area contributed by atoms with E-state index in [4.69, 9.17) is 0 Å². The average Bonchev–Trinajstić information content (AvgIpc) is 3.37. The van der Waals surface area contributed by atoms with Crippen molar-refractivity contribution >= 4 is 11.6 Å². The Labute approximate surface area is 150 Å². The van der Waals surface area contributed by atoms with E-state index >= 15 is 0 Å². The largest absolute Gasteiger partial charge is 0.320 e. The number of hydrogen-bond acceptors (Lipinski definition) is 3. The van der Waals surface area contributed by atoms with Gasteiger partial charge in [0.25, 0.3) is 5.91 Å². The molecular weight excluding hydrogens is 326 g/mol. The summed E-state index contributed by atoms with van der Waals surface area (Å²) >= 11 is 0. The molecule has 1 amide bonds. The topological polar surface area (TPSA) is 64.7 Å². The highest BCUT2D eigenvalue weighted by Gasteiger charge is 2.10. The molecule has 0 saturated heterocycles. The number of carbonyl (C=O) groups excluding carboxylic acids is 1. The van der Waals surface area contributed by atoms with Crippen molar-refractivity contribution in [1.82, 2.24) is 19.6 Å². The van der Waals surface area contributed by atoms with Gasteiger partial charge in [0.2, 0.25) is 0 Å². The number of para-hydroxylation sites is 2. The number of hydrogen-bond donors (Lipinski definition) is 1. The number of aromatic nitrogens is 4. The lowest BCUT2D eigenvalue weighted by Crippen LogP contribution is -2.14. The van der Waals surface area contributed by atoms with Crippen molar-refractivity contribution in [3.05, 3.63) is 96.6 Å². The molecule has 2 aromatic carbocycles. The Kier molecular flexibility index (Phi) is 4.30. The molecule has 6 nitrogen and oxygen atoms in total. The molecule has 128 valence electrons. The molecule has 0 radical (unpaired) electrons. The van der Waals surface area contributed by atoms with Gasteiger partial charge in [0, 0.05) is 30.4 Å². The van der Waals surface area contributed by atoms with Crippen molar-refractivity contribution in [1.29, 1.82) is 0 Å². The van der Waals surface area contributed by atoms with Gasteiger partial charge in [0.05, 0.1) is 17.9 Å². The first-order chi connectivity index (χ1) is 12.8. The summed E-state index contributed by atoms with van der Waals surface area (Å²) in [4.78, 5) is 12.6. The van der Waals surface area contributed by atoms with Gasteiger partial charge >= 0.3 is 0 Å². The van der Waals surface area contributed by atoms with Crippen LogP contribution in [0.3, 0.4) is 0 Å². The van der Waals surface area contributed by atoms with Crippen LogP contribution in [0.25, 0.3) is 5.69 Å². The second-order valence-corrected chi connectivity index (χ2v) is 5.82. The van der Waals surface area contributed by atoms with Gasteiger partial charge in [-0.2, -0.15) is 10.2 Å². The van der Waals surface area contributed by atoms with Crippen molar-refractivity contribution in [2.75, 3.05) is 5.32 Å². The van der Waals surface area contributed by atoms with Gasteiger partial charge in [-0.3, -0.25) is 9.48 Å². The monoisotopic (exact) mass is 343 g/mol. The second-order valence-electron chi connectivity index (χ2n) is 5.82. The summed E-state index contributed by atoms with van der Waals surface area (Å²) in [6.45, 7) is 0.678. The van der Waals surface area contributed by atoms with Crippen molar-refractivity contribution in [3.63, 3.8) is 0 Å². The Bertz CT molecular complexity index is 989. The highest BCUT2D eigenvalue weighted by molar-refractivity contribution is 6.05. The van der Waals surface area contributed by atoms with E-state index in [9.17, 15) is 4.79 Å². The quantitative estimate of drug-likeness (QED) is 0.604. The average molecular weight is 343 g/mol. The molecule has 0 spiro atoms. The van der Waals surface area contributed by atoms with Crippen LogP contribution in [0.15, 0.2) is 85.5 Å². The van der Waals surface area contributed by atoms with E-state index in [1.165, 1.54) is 0 Å². The van der Waals surface area contributed by atoms with Crippen molar-refractivity contribution in [2.45, 2.75) is 6.54 Å². The van der Waals surface area contributed by atoms with Crippen LogP contribution in [0.1, 0.15) is 15.9 Å². The van der Waals surface area contributed by atoms with Crippen LogP contribution < -0.4 is 5.32 Å². The molecule has 0 aliphatic carbocycles. The molecule has 2 heterocycles. The molecule has 4 rings (SSSR count). The van der Waals surface area contributed by atoms with Crippen LogP contribution in [0.2, 0.25) is 0 Å². The molecular formula is C20H17N5O. The zero-order valence-corrected chi connectivity index (χ0v) is 14.0. The van der Waals surface area contributed by atoms with E-state index in [1.54, 1.807) is 17.1 Å². The highest BCUT2D eigenvalue weighted by atomic mass is 16.1. The molecule has 0 atom stereocenters. The van der Waals surface area contributed by atoms with Gasteiger partial charge in [-0.15, -0.1) is 0 Å². The Balaban J connectivity index is 1.50. The molecule has 26 heavy (non-hydrogen) atoms. The normalized spacial score (nSPS) is 10.6. The molecule has 2 aromatic heterocycles. The summed E-state index contributed by atoms with van der Waals surface area (Å²) < 4.78 is 3.57. The molecule has 0 aliphatic heterocycles. The number of benzene rings is 2. The molecule has 0 unspecified atom stereocenters. The van der Waals surface area contributed by atoms with E-state index in [2.05, 4.69) is 15.5 Å². The second kappa shape index (κ2) is 7.06. The van der Waals surface area contributed by atoms with E-state index in [0.29, 0.717) is 17.8 Å². The summed E-state index contributed by atoms with van der Waals surface area (Å²) in [5, 5.41) is 11.4. The zero-order valence-electron chi connectivity index (χ0n) is 14.0. The number of nitrogens with zero attached hydrogens (tertiary/aromatic N) is 4. The minimum absolute atomic E-state index is 0.157. The first kappa shape index (κ1) is 15.8. The number of rotatable bonds is 5. The first-order valence-electron chi connectivity index (χ1n) is 8.26. The van der Waals surface area contributed by atoms with Gasteiger partial charge in [-0.05, 0) is 42.0 Å². The SMILES string of the molecule is O=C(Nc1ccccc1-n1cccn1)c1ccc(Cn2cccn2)cc1. The Morgan fingerprint density at radius 3 is 2.38 bits per heavy atom. The smallest absolute Gasteiger partial charge is 0.255 e. The summed E-state index contributed by atoms with van der Waals surface area (Å²) in [5.41, 5.74) is 3.22. The predicted octanol–water partition coefficient (Wildman–Crippen LogP) is 3.37. The number of amides is 1. The molecule has 0 fully saturated rings. The third-order valence-corrected chi connectivity index (χ3v) is 4.02. The Morgan fingerprint density at radius 1 is 0.885 bits per heavy atom. The first-order valence-corrected chi connectivity index (χ1v) is 8.26. The third kappa shape index (κ3) is 3.39. The standard InChI is InChI=1S/C20H17N5O/c26-20(17-9-7-16(8-10-17)15-24-13-3-11-21-24)23-18-5-1-2-6-19(18)25-14-4-12-22-25/h1-14H,15H2,(H,23,26). The summed E-state index contributed by atoms with van der Waals surface area (Å²) in [6.07, 6.45) is 7.21. The fraction of sp³-hybridized carbons (Fsp3) is 0.0500. The summed E-state index contributed by atoms with van der Waals surface area (Å²) in [5.74, 6) is -0.157. The van der Waals surface area contributed by atoms with E-state index in [0.717, 1.165) is 11.3 Å². The summed E-state index contributed by atoms with van der Waals surface area (Å²) in [6, 6.07) is 18.8. The Hall–Kier alpha value is -3.67. The molecule has 0 bridgehead atoms. The minimum Gasteiger partial charge on any atom is -0.320 e. The van der Waals surface area contributed by atoms with Crippen LogP contribution in [0.4, 0.5) is 5.69 Å². The fourth-order valence-corrected chi connectivity index (χ4v) is 2.73. The molecule has 1 N–H and O–H groups in total. The van der Waals surface area contributed by atoms with Crippen LogP contribution >= 0.6 is 0 Å². The fourth-order valence-electron chi connectivity index (χ4n) is 2.73. The minimum atomic E-state index is -0.157. The Morgan fingerprint density at radius 2 is 1.65 bits per heavy atom. The maximum atomic E-state index is 12.6. The van der Waals surface area contributed by atoms with Gasteiger partial charge < -0.3 is 5.32 Å². The van der Waals surface area contributed by atoms with Gasteiger partial charge in [-0.25, -0.2) is 4.68 Å².